The summed E-state index contributed by atoms with van der Waals surface area (Å²) in [6.45, 7) is 1.99. The molecule has 2 aliphatic rings. The van der Waals surface area contributed by atoms with Gasteiger partial charge in [0.15, 0.2) is 11.5 Å². The van der Waals surface area contributed by atoms with Crippen molar-refractivity contribution in [2.75, 3.05) is 19.8 Å². The summed E-state index contributed by atoms with van der Waals surface area (Å²) in [6, 6.07) is 8.21. The number of hydrogen-bond donors (Lipinski definition) is 0. The van der Waals surface area contributed by atoms with Gasteiger partial charge >= 0.3 is 0 Å². The van der Waals surface area contributed by atoms with E-state index >= 15 is 0 Å². The fourth-order valence-electron chi connectivity index (χ4n) is 3.58. The number of hydrogen-bond acceptors (Lipinski definition) is 4. The number of likely N-dealkylation sites (tertiary alicyclic amines) is 1. The van der Waals surface area contributed by atoms with E-state index in [1.807, 2.05) is 17.0 Å². The monoisotopic (exact) mass is 343 g/mol. The van der Waals surface area contributed by atoms with Crippen LogP contribution in [0.15, 0.2) is 35.0 Å². The molecule has 1 fully saturated rings. The lowest BCUT2D eigenvalue weighted by atomic mass is 10.0. The van der Waals surface area contributed by atoms with Gasteiger partial charge in [0.05, 0.1) is 6.04 Å². The number of para-hydroxylation sites is 1. The first-order valence-electron chi connectivity index (χ1n) is 8.52. The van der Waals surface area contributed by atoms with Crippen LogP contribution in [0.1, 0.15) is 36.4 Å². The molecule has 4 nitrogen and oxygen atoms in total. The predicted octanol–water partition coefficient (Wildman–Crippen LogP) is 3.82. The smallest absolute Gasteiger partial charge is 0.223 e. The highest BCUT2D eigenvalue weighted by Gasteiger charge is 2.33. The van der Waals surface area contributed by atoms with Crippen LogP contribution < -0.4 is 9.47 Å². The van der Waals surface area contributed by atoms with Crippen LogP contribution in [0.3, 0.4) is 0 Å². The number of carbonyl (C=O) groups excluding carboxylic acids is 1. The average molecular weight is 343 g/mol. The molecule has 1 atom stereocenters. The minimum Gasteiger partial charge on any atom is -0.486 e. The first kappa shape index (κ1) is 15.5. The van der Waals surface area contributed by atoms with Gasteiger partial charge in [-0.1, -0.05) is 12.1 Å². The summed E-state index contributed by atoms with van der Waals surface area (Å²) in [6.07, 6.45) is 3.42. The average Bonchev–Trinajstić information content (AvgIpc) is 3.31. The summed E-state index contributed by atoms with van der Waals surface area (Å²) in [5.41, 5.74) is 2.34. The van der Waals surface area contributed by atoms with Crippen molar-refractivity contribution >= 4 is 17.2 Å². The van der Waals surface area contributed by atoms with Crippen molar-refractivity contribution in [1.82, 2.24) is 4.90 Å². The lowest BCUT2D eigenvalue weighted by Gasteiger charge is -2.29. The third-order valence-corrected chi connectivity index (χ3v) is 5.47. The molecule has 24 heavy (non-hydrogen) atoms. The van der Waals surface area contributed by atoms with Crippen molar-refractivity contribution in [2.24, 2.45) is 0 Å². The second kappa shape index (κ2) is 6.85. The second-order valence-electron chi connectivity index (χ2n) is 6.25. The van der Waals surface area contributed by atoms with Crippen molar-refractivity contribution in [2.45, 2.75) is 31.7 Å². The minimum atomic E-state index is 0.108. The SMILES string of the molecule is O=C(CCc1ccsc1)N1CCCC1c1cccc2c1OCCO2. The molecule has 0 aliphatic carbocycles. The van der Waals surface area contributed by atoms with Crippen LogP contribution in [0, 0.1) is 0 Å². The summed E-state index contributed by atoms with van der Waals surface area (Å²) < 4.78 is 11.5. The van der Waals surface area contributed by atoms with E-state index in [1.54, 1.807) is 11.3 Å². The lowest BCUT2D eigenvalue weighted by molar-refractivity contribution is -0.132. The number of benzene rings is 1. The molecule has 4 rings (SSSR count). The predicted molar refractivity (Wildman–Crippen MR) is 93.8 cm³/mol. The van der Waals surface area contributed by atoms with Gasteiger partial charge in [0.2, 0.25) is 5.91 Å². The van der Waals surface area contributed by atoms with Crippen molar-refractivity contribution in [1.29, 1.82) is 0 Å². The Hall–Kier alpha value is -2.01. The van der Waals surface area contributed by atoms with Crippen LogP contribution in [0.25, 0.3) is 0 Å². The molecule has 0 spiro atoms. The molecule has 0 saturated carbocycles. The normalized spacial score (nSPS) is 19.5. The van der Waals surface area contributed by atoms with Gasteiger partial charge in [0.25, 0.3) is 0 Å². The van der Waals surface area contributed by atoms with Gasteiger partial charge in [-0.25, -0.2) is 0 Å². The Morgan fingerprint density at radius 3 is 3.04 bits per heavy atom. The van der Waals surface area contributed by atoms with E-state index in [0.29, 0.717) is 19.6 Å². The summed E-state index contributed by atoms with van der Waals surface area (Å²) in [5.74, 6) is 1.86. The van der Waals surface area contributed by atoms with Gasteiger partial charge in [-0.15, -0.1) is 0 Å². The molecule has 0 N–H and O–H groups in total. The highest BCUT2D eigenvalue weighted by molar-refractivity contribution is 7.07. The molecular weight excluding hydrogens is 322 g/mol. The molecule has 1 unspecified atom stereocenters. The molecule has 0 radical (unpaired) electrons. The minimum absolute atomic E-state index is 0.108. The maximum absolute atomic E-state index is 12.7. The van der Waals surface area contributed by atoms with Gasteiger partial charge < -0.3 is 14.4 Å². The highest BCUT2D eigenvalue weighted by Crippen LogP contribution is 2.42. The van der Waals surface area contributed by atoms with Crippen molar-refractivity contribution in [3.63, 3.8) is 0 Å². The lowest BCUT2D eigenvalue weighted by Crippen LogP contribution is -2.31. The van der Waals surface area contributed by atoms with E-state index in [2.05, 4.69) is 22.9 Å². The van der Waals surface area contributed by atoms with E-state index < -0.39 is 0 Å². The maximum atomic E-state index is 12.7. The quantitative estimate of drug-likeness (QED) is 0.847. The van der Waals surface area contributed by atoms with E-state index in [-0.39, 0.29) is 11.9 Å². The van der Waals surface area contributed by atoms with Gasteiger partial charge in [0, 0.05) is 18.5 Å². The van der Waals surface area contributed by atoms with Gasteiger partial charge in [-0.2, -0.15) is 11.3 Å². The van der Waals surface area contributed by atoms with E-state index in [9.17, 15) is 4.79 Å². The zero-order chi connectivity index (χ0) is 16.4. The molecule has 1 amide bonds. The van der Waals surface area contributed by atoms with Gasteiger partial charge in [-0.3, -0.25) is 4.79 Å². The molecule has 126 valence electrons. The third kappa shape index (κ3) is 3.00. The third-order valence-electron chi connectivity index (χ3n) is 4.74. The topological polar surface area (TPSA) is 38.8 Å². The molecular formula is C19H21NO3S. The van der Waals surface area contributed by atoms with Crippen LogP contribution in [-0.2, 0) is 11.2 Å². The molecule has 0 bridgehead atoms. The van der Waals surface area contributed by atoms with E-state index in [1.165, 1.54) is 5.56 Å². The number of ether oxygens (including phenoxy) is 2. The van der Waals surface area contributed by atoms with Crippen LogP contribution in [-0.4, -0.2) is 30.6 Å². The highest BCUT2D eigenvalue weighted by atomic mass is 32.1. The van der Waals surface area contributed by atoms with Crippen LogP contribution in [0.2, 0.25) is 0 Å². The first-order chi connectivity index (χ1) is 11.8. The van der Waals surface area contributed by atoms with Crippen molar-refractivity contribution in [3.05, 3.63) is 46.2 Å². The Morgan fingerprint density at radius 1 is 1.25 bits per heavy atom. The Morgan fingerprint density at radius 2 is 2.17 bits per heavy atom. The van der Waals surface area contributed by atoms with Crippen LogP contribution >= 0.6 is 11.3 Å². The maximum Gasteiger partial charge on any atom is 0.223 e. The number of amides is 1. The second-order valence-corrected chi connectivity index (χ2v) is 7.03. The molecule has 1 aromatic heterocycles. The van der Waals surface area contributed by atoms with Crippen molar-refractivity contribution in [3.8, 4) is 11.5 Å². The molecule has 5 heteroatoms. The van der Waals surface area contributed by atoms with Gasteiger partial charge in [0.1, 0.15) is 13.2 Å². The Labute approximate surface area is 146 Å². The largest absolute Gasteiger partial charge is 0.486 e. The number of aryl methyl sites for hydroxylation is 1. The number of thiophene rings is 1. The first-order valence-corrected chi connectivity index (χ1v) is 9.46. The Balaban J connectivity index is 1.51. The molecule has 2 aliphatic heterocycles. The number of fused-ring (bicyclic) bond motifs is 1. The summed E-state index contributed by atoms with van der Waals surface area (Å²) in [5, 5.41) is 4.18. The number of nitrogens with zero attached hydrogens (tertiary/aromatic N) is 1. The number of rotatable bonds is 4. The Bertz CT molecular complexity index is 713. The molecule has 2 aromatic rings. The van der Waals surface area contributed by atoms with E-state index in [4.69, 9.17) is 9.47 Å². The van der Waals surface area contributed by atoms with Gasteiger partial charge in [-0.05, 0) is 47.7 Å². The van der Waals surface area contributed by atoms with Crippen LogP contribution in [0.4, 0.5) is 0 Å². The zero-order valence-electron chi connectivity index (χ0n) is 13.6. The zero-order valence-corrected chi connectivity index (χ0v) is 14.4. The van der Waals surface area contributed by atoms with Crippen molar-refractivity contribution < 1.29 is 14.3 Å². The fourth-order valence-corrected chi connectivity index (χ4v) is 4.28. The standard InChI is InChI=1S/C19H21NO3S/c21-18(7-6-14-8-12-24-13-14)20-9-2-4-16(20)15-3-1-5-17-19(15)23-11-10-22-17/h1,3,5,8,12-13,16H,2,4,6-7,9-11H2. The molecule has 3 heterocycles. The van der Waals surface area contributed by atoms with E-state index in [0.717, 1.165) is 42.9 Å². The molecule has 1 aromatic carbocycles. The summed E-state index contributed by atoms with van der Waals surface area (Å²) >= 11 is 1.68. The molecule has 1 saturated heterocycles. The summed E-state index contributed by atoms with van der Waals surface area (Å²) in [7, 11) is 0. The fraction of sp³-hybridized carbons (Fsp3) is 0.421. The van der Waals surface area contributed by atoms with Crippen LogP contribution in [0.5, 0.6) is 11.5 Å². The summed E-state index contributed by atoms with van der Waals surface area (Å²) in [4.78, 5) is 14.8. The Kier molecular flexibility index (Phi) is 4.43. The number of carbonyl (C=O) groups is 1.